The highest BCUT2D eigenvalue weighted by Crippen LogP contribution is 2.29. The van der Waals surface area contributed by atoms with Crippen LogP contribution in [0.1, 0.15) is 27.2 Å². The average Bonchev–Trinajstić information content (AvgIpc) is 2.21. The molecular formula is C13H20F3N. The van der Waals surface area contributed by atoms with Crippen molar-refractivity contribution in [2.24, 2.45) is 5.92 Å². The molecule has 17 heavy (non-hydrogen) atoms. The molecule has 0 aliphatic carbocycles. The van der Waals surface area contributed by atoms with Gasteiger partial charge >= 0.3 is 6.18 Å². The highest BCUT2D eigenvalue weighted by atomic mass is 19.4. The molecule has 1 nitrogen and oxygen atoms in total. The minimum absolute atomic E-state index is 0.0656. The molecule has 0 aliphatic heterocycles. The van der Waals surface area contributed by atoms with Crippen LogP contribution in [0.15, 0.2) is 35.6 Å². The van der Waals surface area contributed by atoms with E-state index in [9.17, 15) is 13.2 Å². The van der Waals surface area contributed by atoms with Crippen LogP contribution < -0.4 is 5.32 Å². The van der Waals surface area contributed by atoms with E-state index >= 15 is 0 Å². The molecule has 1 unspecified atom stereocenters. The molecule has 0 aromatic heterocycles. The maximum absolute atomic E-state index is 12.8. The Bertz CT molecular complexity index is 324. The van der Waals surface area contributed by atoms with Crippen LogP contribution in [0.3, 0.4) is 0 Å². The van der Waals surface area contributed by atoms with Gasteiger partial charge in [-0.15, -0.1) is 0 Å². The molecule has 1 N–H and O–H groups in total. The lowest BCUT2D eigenvalue weighted by atomic mass is 10.0. The Morgan fingerprint density at radius 3 is 2.18 bits per heavy atom. The molecule has 0 amide bonds. The summed E-state index contributed by atoms with van der Waals surface area (Å²) in [5.41, 5.74) is 0.292. The normalized spacial score (nSPS) is 15.7. The fourth-order valence-corrected chi connectivity index (χ4v) is 1.32. The highest BCUT2D eigenvalue weighted by Gasteiger charge is 2.32. The van der Waals surface area contributed by atoms with Gasteiger partial charge in [0.2, 0.25) is 0 Å². The third kappa shape index (κ3) is 5.61. The Balaban J connectivity index is 5.35. The van der Waals surface area contributed by atoms with Gasteiger partial charge in [-0.05, 0) is 31.4 Å². The quantitative estimate of drug-likeness (QED) is 0.718. The zero-order valence-corrected chi connectivity index (χ0v) is 10.8. The first-order valence-electron chi connectivity index (χ1n) is 5.56. The number of rotatable bonds is 5. The Kier molecular flexibility index (Phi) is 6.07. The Morgan fingerprint density at radius 2 is 1.88 bits per heavy atom. The molecule has 0 radical (unpaired) electrons. The SMILES string of the molecule is C=C(C)/C=C(\C=C(\NC)C(C)CC)C(F)(F)F. The van der Waals surface area contributed by atoms with E-state index < -0.39 is 11.7 Å². The zero-order valence-electron chi connectivity index (χ0n) is 10.8. The van der Waals surface area contributed by atoms with E-state index in [4.69, 9.17) is 0 Å². The summed E-state index contributed by atoms with van der Waals surface area (Å²) in [5.74, 6) is 0.0656. The summed E-state index contributed by atoms with van der Waals surface area (Å²) in [6.45, 7) is 8.85. The molecule has 0 saturated heterocycles. The molecule has 1 atom stereocenters. The van der Waals surface area contributed by atoms with Crippen LogP contribution >= 0.6 is 0 Å². The summed E-state index contributed by atoms with van der Waals surface area (Å²) in [6.07, 6.45) is -1.36. The van der Waals surface area contributed by atoms with Crippen molar-refractivity contribution in [2.75, 3.05) is 7.05 Å². The Hall–Kier alpha value is -1.19. The largest absolute Gasteiger partial charge is 0.416 e. The Labute approximate surface area is 101 Å². The third-order valence-corrected chi connectivity index (χ3v) is 2.47. The fraction of sp³-hybridized carbons (Fsp3) is 0.538. The maximum atomic E-state index is 12.8. The van der Waals surface area contributed by atoms with Crippen LogP contribution in [-0.2, 0) is 0 Å². The number of alkyl halides is 3. The second-order valence-electron chi connectivity index (χ2n) is 4.10. The minimum atomic E-state index is -4.35. The Morgan fingerprint density at radius 1 is 1.35 bits per heavy atom. The van der Waals surface area contributed by atoms with Gasteiger partial charge < -0.3 is 5.32 Å². The number of allylic oxidation sites excluding steroid dienone is 5. The van der Waals surface area contributed by atoms with Gasteiger partial charge in [0, 0.05) is 12.7 Å². The van der Waals surface area contributed by atoms with Crippen molar-refractivity contribution in [3.05, 3.63) is 35.6 Å². The number of hydrogen-bond donors (Lipinski definition) is 1. The molecule has 4 heteroatoms. The van der Waals surface area contributed by atoms with Crippen LogP contribution in [0, 0.1) is 5.92 Å². The van der Waals surface area contributed by atoms with Crippen LogP contribution in [0.2, 0.25) is 0 Å². The fourth-order valence-electron chi connectivity index (χ4n) is 1.32. The van der Waals surface area contributed by atoms with Crippen molar-refractivity contribution < 1.29 is 13.2 Å². The smallest absolute Gasteiger partial charge is 0.391 e. The molecule has 0 fully saturated rings. The first-order valence-corrected chi connectivity index (χ1v) is 5.56. The van der Waals surface area contributed by atoms with Gasteiger partial charge in [0.1, 0.15) is 0 Å². The lowest BCUT2D eigenvalue weighted by Crippen LogP contribution is -2.17. The molecular weight excluding hydrogens is 227 g/mol. The van der Waals surface area contributed by atoms with Gasteiger partial charge in [-0.3, -0.25) is 0 Å². The maximum Gasteiger partial charge on any atom is 0.416 e. The molecule has 0 aromatic rings. The van der Waals surface area contributed by atoms with E-state index in [0.29, 0.717) is 11.3 Å². The molecule has 0 bridgehead atoms. The third-order valence-electron chi connectivity index (χ3n) is 2.47. The number of halogens is 3. The van der Waals surface area contributed by atoms with Gasteiger partial charge in [0.05, 0.1) is 5.57 Å². The second-order valence-corrected chi connectivity index (χ2v) is 4.10. The summed E-state index contributed by atoms with van der Waals surface area (Å²) < 4.78 is 38.3. The topological polar surface area (TPSA) is 12.0 Å². The number of hydrogen-bond acceptors (Lipinski definition) is 1. The predicted molar refractivity (Wildman–Crippen MR) is 65.5 cm³/mol. The van der Waals surface area contributed by atoms with Gasteiger partial charge in [-0.1, -0.05) is 26.0 Å². The summed E-state index contributed by atoms with van der Waals surface area (Å²) in [6, 6.07) is 0. The summed E-state index contributed by atoms with van der Waals surface area (Å²) in [5, 5.41) is 2.82. The summed E-state index contributed by atoms with van der Waals surface area (Å²) in [7, 11) is 1.63. The van der Waals surface area contributed by atoms with Crippen LogP contribution in [-0.4, -0.2) is 13.2 Å². The van der Waals surface area contributed by atoms with E-state index in [2.05, 4.69) is 11.9 Å². The van der Waals surface area contributed by atoms with Crippen molar-refractivity contribution in [3.63, 3.8) is 0 Å². The highest BCUT2D eigenvalue weighted by molar-refractivity contribution is 5.33. The molecule has 0 rings (SSSR count). The molecule has 0 heterocycles. The monoisotopic (exact) mass is 247 g/mol. The molecule has 0 aromatic carbocycles. The van der Waals surface area contributed by atoms with Gasteiger partial charge in [0.15, 0.2) is 0 Å². The van der Waals surface area contributed by atoms with E-state index in [0.717, 1.165) is 18.6 Å². The van der Waals surface area contributed by atoms with Crippen molar-refractivity contribution in [1.29, 1.82) is 0 Å². The van der Waals surface area contributed by atoms with E-state index in [1.54, 1.807) is 14.0 Å². The summed E-state index contributed by atoms with van der Waals surface area (Å²) in [4.78, 5) is 0. The molecule has 0 saturated carbocycles. The lowest BCUT2D eigenvalue weighted by molar-refractivity contribution is -0.0883. The molecule has 0 spiro atoms. The van der Waals surface area contributed by atoms with Crippen molar-refractivity contribution >= 4 is 0 Å². The lowest BCUT2D eigenvalue weighted by Gasteiger charge is -2.16. The van der Waals surface area contributed by atoms with Crippen LogP contribution in [0.4, 0.5) is 13.2 Å². The van der Waals surface area contributed by atoms with Crippen molar-refractivity contribution in [1.82, 2.24) is 5.32 Å². The van der Waals surface area contributed by atoms with Crippen molar-refractivity contribution in [2.45, 2.75) is 33.4 Å². The molecule has 98 valence electrons. The predicted octanol–water partition coefficient (Wildman–Crippen LogP) is 4.20. The van der Waals surface area contributed by atoms with E-state index in [-0.39, 0.29) is 5.92 Å². The van der Waals surface area contributed by atoms with E-state index in [1.165, 1.54) is 0 Å². The first kappa shape index (κ1) is 15.8. The van der Waals surface area contributed by atoms with Crippen LogP contribution in [0.25, 0.3) is 0 Å². The number of nitrogens with one attached hydrogen (secondary N) is 1. The molecule has 0 aliphatic rings. The van der Waals surface area contributed by atoms with Gasteiger partial charge in [-0.2, -0.15) is 13.2 Å². The van der Waals surface area contributed by atoms with Crippen LogP contribution in [0.5, 0.6) is 0 Å². The van der Waals surface area contributed by atoms with Gasteiger partial charge in [0.25, 0.3) is 0 Å². The standard InChI is InChI=1S/C13H20F3N/c1-6-10(4)12(17-5)8-11(7-9(2)3)13(14,15)16/h7-8,10,17H,2,6H2,1,3-5H3/b11-7+,12-8+. The average molecular weight is 247 g/mol. The zero-order chi connectivity index (χ0) is 13.6. The van der Waals surface area contributed by atoms with Gasteiger partial charge in [-0.25, -0.2) is 0 Å². The van der Waals surface area contributed by atoms with E-state index in [1.807, 2.05) is 13.8 Å². The van der Waals surface area contributed by atoms with Crippen molar-refractivity contribution in [3.8, 4) is 0 Å². The summed E-state index contributed by atoms with van der Waals surface area (Å²) >= 11 is 0. The minimum Gasteiger partial charge on any atom is -0.391 e. The second kappa shape index (κ2) is 6.52. The first-order chi connectivity index (χ1) is 7.72.